The molecule has 2 heteroatoms. The van der Waals surface area contributed by atoms with Crippen LogP contribution < -0.4 is 0 Å². The average Bonchev–Trinajstić information content (AvgIpc) is 1.99. The summed E-state index contributed by atoms with van der Waals surface area (Å²) in [5, 5.41) is 9.52. The van der Waals surface area contributed by atoms with Crippen LogP contribution in [0.15, 0.2) is 0 Å². The van der Waals surface area contributed by atoms with E-state index in [-0.39, 0.29) is 11.4 Å². The molecule has 0 aromatic heterocycles. The summed E-state index contributed by atoms with van der Waals surface area (Å²) in [4.78, 5) is 0. The van der Waals surface area contributed by atoms with Gasteiger partial charge in [0.05, 0.1) is 6.10 Å². The van der Waals surface area contributed by atoms with Gasteiger partial charge in [-0.15, -0.1) is 0 Å². The van der Waals surface area contributed by atoms with Crippen LogP contribution in [0, 0.1) is 0 Å². The molecule has 0 aromatic carbocycles. The number of thiol groups is 1. The van der Waals surface area contributed by atoms with Crippen LogP contribution in [-0.2, 0) is 0 Å². The summed E-state index contributed by atoms with van der Waals surface area (Å²) in [6.07, 6.45) is 5.59. The zero-order valence-electron chi connectivity index (χ0n) is 5.58. The maximum absolute atomic E-state index is 9.28. The smallest absolute Gasteiger partial charge is 0.0656 e. The monoisotopic (exact) mass is 146 g/mol. The summed E-state index contributed by atoms with van der Waals surface area (Å²) in [7, 11) is 0. The lowest BCUT2D eigenvalue weighted by molar-refractivity contribution is 0.164. The van der Waals surface area contributed by atoms with Crippen LogP contribution in [0.25, 0.3) is 0 Å². The minimum absolute atomic E-state index is 0.143. The molecule has 1 N–H and O–H groups in total. The molecule has 0 radical (unpaired) electrons. The van der Waals surface area contributed by atoms with Gasteiger partial charge < -0.3 is 5.11 Å². The Hall–Kier alpha value is 0.310. The molecule has 1 nitrogen and oxygen atoms in total. The molecule has 0 bridgehead atoms. The van der Waals surface area contributed by atoms with Crippen LogP contribution in [0.4, 0.5) is 0 Å². The highest BCUT2D eigenvalue weighted by Gasteiger charge is 2.16. The molecule has 1 saturated carbocycles. The second-order valence-electron chi connectivity index (χ2n) is 2.77. The summed E-state index contributed by atoms with van der Waals surface area (Å²) in [5.41, 5.74) is 0. The average molecular weight is 146 g/mol. The lowest BCUT2D eigenvalue weighted by atomic mass is 10.1. The lowest BCUT2D eigenvalue weighted by Crippen LogP contribution is -2.18. The Morgan fingerprint density at radius 1 is 1.11 bits per heavy atom. The van der Waals surface area contributed by atoms with Crippen molar-refractivity contribution in [1.82, 2.24) is 0 Å². The Morgan fingerprint density at radius 2 is 1.78 bits per heavy atom. The van der Waals surface area contributed by atoms with Gasteiger partial charge in [-0.2, -0.15) is 12.6 Å². The van der Waals surface area contributed by atoms with E-state index in [1.54, 1.807) is 0 Å². The van der Waals surface area contributed by atoms with Crippen LogP contribution in [0.2, 0.25) is 0 Å². The van der Waals surface area contributed by atoms with E-state index in [0.717, 1.165) is 12.8 Å². The van der Waals surface area contributed by atoms with Crippen molar-refractivity contribution in [2.24, 2.45) is 0 Å². The van der Waals surface area contributed by atoms with E-state index in [4.69, 9.17) is 0 Å². The van der Waals surface area contributed by atoms with Gasteiger partial charge in [0.25, 0.3) is 0 Å². The molecule has 0 aromatic rings. The zero-order valence-corrected chi connectivity index (χ0v) is 6.48. The molecule has 0 heterocycles. The Balaban J connectivity index is 2.32. The molecular weight excluding hydrogens is 132 g/mol. The largest absolute Gasteiger partial charge is 0.392 e. The highest BCUT2D eigenvalue weighted by atomic mass is 32.1. The fourth-order valence-corrected chi connectivity index (χ4v) is 1.60. The molecule has 1 rings (SSSR count). The minimum atomic E-state index is -0.143. The Labute approximate surface area is 61.9 Å². The minimum Gasteiger partial charge on any atom is -0.392 e. The number of hydrogen-bond acceptors (Lipinski definition) is 2. The second kappa shape index (κ2) is 3.47. The van der Waals surface area contributed by atoms with Crippen molar-refractivity contribution in [3.8, 4) is 0 Å². The normalized spacial score (nSPS) is 38.0. The van der Waals surface area contributed by atoms with Crippen molar-refractivity contribution < 1.29 is 5.11 Å². The van der Waals surface area contributed by atoms with E-state index in [2.05, 4.69) is 12.6 Å². The lowest BCUT2D eigenvalue weighted by Gasteiger charge is -2.12. The van der Waals surface area contributed by atoms with Crippen LogP contribution in [0.1, 0.15) is 32.1 Å². The quantitative estimate of drug-likeness (QED) is 0.393. The highest BCUT2D eigenvalue weighted by molar-refractivity contribution is 7.81. The molecule has 2 atom stereocenters. The van der Waals surface area contributed by atoms with E-state index < -0.39 is 0 Å². The first-order valence-corrected chi connectivity index (χ1v) is 4.18. The van der Waals surface area contributed by atoms with Crippen LogP contribution >= 0.6 is 12.6 Å². The fraction of sp³-hybridized carbons (Fsp3) is 1.00. The third kappa shape index (κ3) is 2.18. The Bertz CT molecular complexity index is 75.0. The first kappa shape index (κ1) is 7.42. The number of hydrogen-bond donors (Lipinski definition) is 2. The van der Waals surface area contributed by atoms with Gasteiger partial charge in [0.2, 0.25) is 0 Å². The maximum atomic E-state index is 9.28. The van der Waals surface area contributed by atoms with E-state index in [9.17, 15) is 5.11 Å². The van der Waals surface area contributed by atoms with Crippen molar-refractivity contribution in [3.63, 3.8) is 0 Å². The van der Waals surface area contributed by atoms with Gasteiger partial charge in [-0.25, -0.2) is 0 Å². The molecule has 1 aliphatic carbocycles. The SMILES string of the molecule is OC1CCCCCC1S. The van der Waals surface area contributed by atoms with Crippen molar-refractivity contribution in [2.45, 2.75) is 43.5 Å². The standard InChI is InChI=1S/C7H14OS/c8-6-4-2-1-3-5-7(6)9/h6-9H,1-5H2. The highest BCUT2D eigenvalue weighted by Crippen LogP contribution is 2.21. The predicted octanol–water partition coefficient (Wildman–Crippen LogP) is 1.61. The van der Waals surface area contributed by atoms with Gasteiger partial charge in [-0.3, -0.25) is 0 Å². The first-order valence-electron chi connectivity index (χ1n) is 3.67. The molecule has 9 heavy (non-hydrogen) atoms. The number of aliphatic hydroxyl groups is 1. The first-order chi connectivity index (χ1) is 4.30. The summed E-state index contributed by atoms with van der Waals surface area (Å²) < 4.78 is 0. The van der Waals surface area contributed by atoms with Crippen molar-refractivity contribution >= 4 is 12.6 Å². The molecule has 2 unspecified atom stereocenters. The van der Waals surface area contributed by atoms with Crippen molar-refractivity contribution in [3.05, 3.63) is 0 Å². The molecule has 0 spiro atoms. The third-order valence-corrected chi connectivity index (χ3v) is 2.55. The van der Waals surface area contributed by atoms with Gasteiger partial charge >= 0.3 is 0 Å². The van der Waals surface area contributed by atoms with E-state index in [1.165, 1.54) is 19.3 Å². The van der Waals surface area contributed by atoms with Gasteiger partial charge in [0.15, 0.2) is 0 Å². The van der Waals surface area contributed by atoms with Crippen LogP contribution in [-0.4, -0.2) is 16.5 Å². The molecule has 0 aliphatic heterocycles. The second-order valence-corrected chi connectivity index (χ2v) is 3.44. The summed E-state index contributed by atoms with van der Waals surface area (Å²) >= 11 is 4.28. The van der Waals surface area contributed by atoms with Crippen LogP contribution in [0.5, 0.6) is 0 Å². The van der Waals surface area contributed by atoms with E-state index >= 15 is 0 Å². The summed E-state index contributed by atoms with van der Waals surface area (Å²) in [6.45, 7) is 0. The number of aliphatic hydroxyl groups excluding tert-OH is 1. The third-order valence-electron chi connectivity index (χ3n) is 1.94. The van der Waals surface area contributed by atoms with Gasteiger partial charge in [0, 0.05) is 5.25 Å². The molecule has 0 amide bonds. The molecular formula is C7H14OS. The van der Waals surface area contributed by atoms with Gasteiger partial charge in [-0.1, -0.05) is 19.3 Å². The summed E-state index contributed by atoms with van der Waals surface area (Å²) in [6, 6.07) is 0. The van der Waals surface area contributed by atoms with Gasteiger partial charge in [-0.05, 0) is 12.8 Å². The maximum Gasteiger partial charge on any atom is 0.0656 e. The van der Waals surface area contributed by atoms with Gasteiger partial charge in [0.1, 0.15) is 0 Å². The molecule has 1 aliphatic rings. The van der Waals surface area contributed by atoms with E-state index in [1.807, 2.05) is 0 Å². The number of rotatable bonds is 0. The Morgan fingerprint density at radius 3 is 2.56 bits per heavy atom. The topological polar surface area (TPSA) is 20.2 Å². The van der Waals surface area contributed by atoms with Crippen LogP contribution in [0.3, 0.4) is 0 Å². The van der Waals surface area contributed by atoms with Crippen molar-refractivity contribution in [1.29, 1.82) is 0 Å². The zero-order chi connectivity index (χ0) is 6.69. The van der Waals surface area contributed by atoms with Crippen molar-refractivity contribution in [2.75, 3.05) is 0 Å². The fourth-order valence-electron chi connectivity index (χ4n) is 1.27. The molecule has 0 saturated heterocycles. The van der Waals surface area contributed by atoms with E-state index in [0.29, 0.717) is 0 Å². The molecule has 1 fully saturated rings. The predicted molar refractivity (Wildman–Crippen MR) is 41.9 cm³/mol. The Kier molecular flexibility index (Phi) is 2.86. The summed E-state index contributed by atoms with van der Waals surface area (Å²) in [5.74, 6) is 0. The molecule has 54 valence electrons.